The first-order valence-corrected chi connectivity index (χ1v) is 9.98. The van der Waals surface area contributed by atoms with Gasteiger partial charge in [-0.2, -0.15) is 0 Å². The van der Waals surface area contributed by atoms with Gasteiger partial charge in [0.1, 0.15) is 0 Å². The van der Waals surface area contributed by atoms with Crippen LogP contribution in [0, 0.1) is 6.92 Å². The average Bonchev–Trinajstić information content (AvgIpc) is 2.75. The first-order chi connectivity index (χ1) is 14.3. The number of halogens is 1. The molecule has 1 N–H and O–H groups in total. The molecular formula is C22H24ClN3O4. The van der Waals surface area contributed by atoms with Gasteiger partial charge >= 0.3 is 5.97 Å². The molecule has 0 bridgehead atoms. The molecule has 1 aliphatic heterocycles. The van der Waals surface area contributed by atoms with E-state index in [9.17, 15) is 14.4 Å². The molecule has 0 saturated carbocycles. The number of ether oxygens (including phenoxy) is 1. The molecule has 2 amide bonds. The number of methoxy groups -OCH3 is 1. The lowest BCUT2D eigenvalue weighted by atomic mass is 10.1. The van der Waals surface area contributed by atoms with E-state index < -0.39 is 5.97 Å². The van der Waals surface area contributed by atoms with Gasteiger partial charge in [0.2, 0.25) is 5.91 Å². The second-order valence-electron chi connectivity index (χ2n) is 7.13. The third-order valence-corrected chi connectivity index (χ3v) is 5.57. The number of nitrogens with one attached hydrogen (secondary N) is 1. The molecule has 2 aromatic carbocycles. The molecule has 7 nitrogen and oxygen atoms in total. The first-order valence-electron chi connectivity index (χ1n) is 9.60. The van der Waals surface area contributed by atoms with Gasteiger partial charge in [0.05, 0.1) is 24.0 Å². The van der Waals surface area contributed by atoms with E-state index in [1.165, 1.54) is 7.11 Å². The Kier molecular flexibility index (Phi) is 6.62. The van der Waals surface area contributed by atoms with Gasteiger partial charge in [0.15, 0.2) is 0 Å². The number of amides is 2. The van der Waals surface area contributed by atoms with Gasteiger partial charge in [-0.05, 0) is 42.8 Å². The second-order valence-corrected chi connectivity index (χ2v) is 7.54. The van der Waals surface area contributed by atoms with E-state index in [0.29, 0.717) is 48.0 Å². The normalized spacial score (nSPS) is 13.7. The summed E-state index contributed by atoms with van der Waals surface area (Å²) in [4.78, 5) is 40.3. The Bertz CT molecular complexity index is 984. The van der Waals surface area contributed by atoms with Crippen LogP contribution in [0.5, 0.6) is 0 Å². The topological polar surface area (TPSA) is 79.0 Å². The number of piperazine rings is 1. The average molecular weight is 430 g/mol. The van der Waals surface area contributed by atoms with Crippen molar-refractivity contribution in [2.75, 3.05) is 43.5 Å². The molecule has 158 valence electrons. The van der Waals surface area contributed by atoms with E-state index in [1.54, 1.807) is 48.2 Å². The predicted octanol–water partition coefficient (Wildman–Crippen LogP) is 3.36. The van der Waals surface area contributed by atoms with E-state index in [0.717, 1.165) is 11.3 Å². The number of carbonyl (C=O) groups is 3. The second kappa shape index (κ2) is 9.17. The Hall–Kier alpha value is -3.06. The van der Waals surface area contributed by atoms with Crippen LogP contribution in [0.25, 0.3) is 0 Å². The van der Waals surface area contributed by atoms with E-state index in [1.807, 2.05) is 6.92 Å². The maximum absolute atomic E-state index is 12.8. The molecule has 0 unspecified atom stereocenters. The van der Waals surface area contributed by atoms with Crippen LogP contribution in [0.15, 0.2) is 36.4 Å². The maximum atomic E-state index is 12.8. The van der Waals surface area contributed by atoms with Crippen molar-refractivity contribution >= 4 is 40.8 Å². The monoisotopic (exact) mass is 429 g/mol. The van der Waals surface area contributed by atoms with Crippen LogP contribution in [-0.4, -0.2) is 56.0 Å². The van der Waals surface area contributed by atoms with Gasteiger partial charge in [-0.1, -0.05) is 17.7 Å². The molecule has 0 radical (unpaired) electrons. The molecule has 1 aliphatic rings. The zero-order chi connectivity index (χ0) is 21.8. The van der Waals surface area contributed by atoms with E-state index in [-0.39, 0.29) is 11.8 Å². The van der Waals surface area contributed by atoms with Crippen molar-refractivity contribution in [3.63, 3.8) is 0 Å². The van der Waals surface area contributed by atoms with E-state index in [2.05, 4.69) is 10.2 Å². The minimum atomic E-state index is -0.489. The van der Waals surface area contributed by atoms with Crippen LogP contribution in [0.3, 0.4) is 0 Å². The lowest BCUT2D eigenvalue weighted by molar-refractivity contribution is -0.129. The molecule has 0 aliphatic carbocycles. The van der Waals surface area contributed by atoms with Crippen LogP contribution in [0.1, 0.15) is 33.2 Å². The van der Waals surface area contributed by atoms with Gasteiger partial charge in [-0.15, -0.1) is 0 Å². The van der Waals surface area contributed by atoms with Gasteiger partial charge in [-0.3, -0.25) is 9.59 Å². The molecule has 1 fully saturated rings. The number of anilines is 2. The summed E-state index contributed by atoms with van der Waals surface area (Å²) < 4.78 is 4.81. The minimum Gasteiger partial charge on any atom is -0.465 e. The Morgan fingerprint density at radius 3 is 2.27 bits per heavy atom. The molecule has 0 atom stereocenters. The van der Waals surface area contributed by atoms with Crippen molar-refractivity contribution in [1.82, 2.24) is 4.90 Å². The van der Waals surface area contributed by atoms with Crippen LogP contribution in [-0.2, 0) is 9.53 Å². The highest BCUT2D eigenvalue weighted by Crippen LogP contribution is 2.29. The molecule has 1 saturated heterocycles. The fourth-order valence-corrected chi connectivity index (χ4v) is 3.53. The van der Waals surface area contributed by atoms with E-state index in [4.69, 9.17) is 16.3 Å². The summed E-state index contributed by atoms with van der Waals surface area (Å²) in [6.45, 7) is 5.85. The number of aryl methyl sites for hydroxylation is 1. The summed E-state index contributed by atoms with van der Waals surface area (Å²) >= 11 is 6.16. The summed E-state index contributed by atoms with van der Waals surface area (Å²) in [7, 11) is 1.31. The van der Waals surface area contributed by atoms with Crippen molar-refractivity contribution < 1.29 is 19.1 Å². The highest BCUT2D eigenvalue weighted by atomic mass is 35.5. The van der Waals surface area contributed by atoms with Crippen molar-refractivity contribution in [2.24, 2.45) is 0 Å². The number of benzene rings is 2. The summed E-state index contributed by atoms with van der Waals surface area (Å²) in [6.07, 6.45) is 0. The number of hydrogen-bond acceptors (Lipinski definition) is 5. The number of esters is 1. The minimum absolute atomic E-state index is 0.0421. The highest BCUT2D eigenvalue weighted by molar-refractivity contribution is 6.31. The molecule has 1 heterocycles. The smallest absolute Gasteiger partial charge is 0.337 e. The summed E-state index contributed by atoms with van der Waals surface area (Å²) in [5, 5.41) is 3.40. The molecule has 30 heavy (non-hydrogen) atoms. The predicted molar refractivity (Wildman–Crippen MR) is 116 cm³/mol. The van der Waals surface area contributed by atoms with Crippen LogP contribution >= 0.6 is 11.6 Å². The zero-order valence-electron chi connectivity index (χ0n) is 17.2. The van der Waals surface area contributed by atoms with Gasteiger partial charge < -0.3 is 19.9 Å². The first kappa shape index (κ1) is 21.6. The molecule has 0 aromatic heterocycles. The largest absolute Gasteiger partial charge is 0.465 e. The quantitative estimate of drug-likeness (QED) is 0.754. The zero-order valence-corrected chi connectivity index (χ0v) is 18.0. The number of carbonyl (C=O) groups excluding carboxylic acids is 3. The van der Waals surface area contributed by atoms with Crippen molar-refractivity contribution in [3.05, 3.63) is 58.1 Å². The molecular weight excluding hydrogens is 406 g/mol. The standard InChI is InChI=1S/C22H24ClN3O4/c1-14-4-5-16(12-18(14)23)21(28)24-19-13-17(22(29)30-3)6-7-20(19)26-10-8-25(9-11-26)15(2)27/h4-7,12-13H,8-11H2,1-3H3,(H,24,28). The van der Waals surface area contributed by atoms with Crippen LogP contribution < -0.4 is 10.2 Å². The Balaban J connectivity index is 1.89. The number of nitrogens with zero attached hydrogens (tertiary/aromatic N) is 2. The Labute approximate surface area is 180 Å². The summed E-state index contributed by atoms with van der Waals surface area (Å²) in [5.41, 5.74) is 2.90. The molecule has 3 rings (SSSR count). The Morgan fingerprint density at radius 1 is 1.00 bits per heavy atom. The van der Waals surface area contributed by atoms with Gasteiger partial charge in [-0.25, -0.2) is 4.79 Å². The van der Waals surface area contributed by atoms with Crippen molar-refractivity contribution in [3.8, 4) is 0 Å². The van der Waals surface area contributed by atoms with Crippen molar-refractivity contribution in [1.29, 1.82) is 0 Å². The van der Waals surface area contributed by atoms with Crippen LogP contribution in [0.4, 0.5) is 11.4 Å². The third-order valence-electron chi connectivity index (χ3n) is 5.17. The summed E-state index contributed by atoms with van der Waals surface area (Å²) in [5.74, 6) is -0.778. The molecule has 2 aromatic rings. The van der Waals surface area contributed by atoms with Gasteiger partial charge in [0, 0.05) is 43.7 Å². The fraction of sp³-hybridized carbons (Fsp3) is 0.318. The molecule has 8 heteroatoms. The van der Waals surface area contributed by atoms with Crippen molar-refractivity contribution in [2.45, 2.75) is 13.8 Å². The number of rotatable bonds is 4. The summed E-state index contributed by atoms with van der Waals surface area (Å²) in [6, 6.07) is 10.1. The lowest BCUT2D eigenvalue weighted by Crippen LogP contribution is -2.48. The SMILES string of the molecule is COC(=O)c1ccc(N2CCN(C(C)=O)CC2)c(NC(=O)c2ccc(C)c(Cl)c2)c1. The lowest BCUT2D eigenvalue weighted by Gasteiger charge is -2.36. The highest BCUT2D eigenvalue weighted by Gasteiger charge is 2.22. The van der Waals surface area contributed by atoms with Crippen LogP contribution in [0.2, 0.25) is 5.02 Å². The third kappa shape index (κ3) is 4.74. The van der Waals surface area contributed by atoms with E-state index >= 15 is 0 Å². The maximum Gasteiger partial charge on any atom is 0.337 e. The fourth-order valence-electron chi connectivity index (χ4n) is 3.35. The van der Waals surface area contributed by atoms with Gasteiger partial charge in [0.25, 0.3) is 5.91 Å². The Morgan fingerprint density at radius 2 is 1.67 bits per heavy atom. The molecule has 0 spiro atoms. The number of hydrogen-bond donors (Lipinski definition) is 1.